The summed E-state index contributed by atoms with van der Waals surface area (Å²) in [4.78, 5) is 11.2. The topological polar surface area (TPSA) is 69.7 Å². The number of rotatable bonds is 4. The maximum absolute atomic E-state index is 14.5. The van der Waals surface area contributed by atoms with Gasteiger partial charge in [-0.1, -0.05) is 12.1 Å². The average molecular weight is 434 g/mol. The third-order valence-corrected chi connectivity index (χ3v) is 5.09. The van der Waals surface area contributed by atoms with Crippen molar-refractivity contribution in [3.8, 4) is 5.75 Å². The Labute approximate surface area is 161 Å². The Morgan fingerprint density at radius 2 is 1.66 bits per heavy atom. The van der Waals surface area contributed by atoms with E-state index in [1.807, 2.05) is 0 Å². The van der Waals surface area contributed by atoms with E-state index in [0.29, 0.717) is 18.4 Å². The van der Waals surface area contributed by atoms with Crippen LogP contribution in [-0.2, 0) is 19.4 Å². The third-order valence-electron chi connectivity index (χ3n) is 3.98. The molecular formula is C18H11F5O5S. The van der Waals surface area contributed by atoms with Gasteiger partial charge in [-0.15, -0.1) is 13.2 Å². The van der Waals surface area contributed by atoms with Crippen molar-refractivity contribution in [3.05, 3.63) is 59.2 Å². The summed E-state index contributed by atoms with van der Waals surface area (Å²) in [5.74, 6) is -3.75. The smallest absolute Gasteiger partial charge is 0.457 e. The van der Waals surface area contributed by atoms with Crippen LogP contribution in [0.1, 0.15) is 11.1 Å². The van der Waals surface area contributed by atoms with Crippen molar-refractivity contribution in [2.24, 2.45) is 0 Å². The molecule has 2 aromatic rings. The van der Waals surface area contributed by atoms with Crippen LogP contribution < -0.4 is 4.74 Å². The Hall–Kier alpha value is -2.95. The van der Waals surface area contributed by atoms with E-state index in [9.17, 15) is 35.2 Å². The molecular weight excluding hydrogens is 423 g/mol. The van der Waals surface area contributed by atoms with Gasteiger partial charge in [-0.05, 0) is 29.8 Å². The van der Waals surface area contributed by atoms with Crippen molar-refractivity contribution in [2.45, 2.75) is 11.3 Å². The molecule has 11 heteroatoms. The highest BCUT2D eigenvalue weighted by Gasteiger charge is 2.32. The van der Waals surface area contributed by atoms with Gasteiger partial charge in [0.15, 0.2) is 9.84 Å². The second kappa shape index (κ2) is 7.14. The van der Waals surface area contributed by atoms with E-state index >= 15 is 0 Å². The summed E-state index contributed by atoms with van der Waals surface area (Å²) >= 11 is 0. The van der Waals surface area contributed by atoms with Crippen LogP contribution in [0.15, 0.2) is 41.3 Å². The molecule has 29 heavy (non-hydrogen) atoms. The summed E-state index contributed by atoms with van der Waals surface area (Å²) in [6.45, 7) is -0.427. The van der Waals surface area contributed by atoms with Gasteiger partial charge in [0, 0.05) is 17.4 Å². The molecule has 0 saturated heterocycles. The SMILES string of the molecule is CS(=O)(=O)c1cc(F)c(C2=C(c3ccc(OC(F)(F)F)cc3)C(=O)OC2)cc1F. The monoisotopic (exact) mass is 434 g/mol. The van der Waals surface area contributed by atoms with Crippen LogP contribution in [0.4, 0.5) is 22.0 Å². The van der Waals surface area contributed by atoms with Crippen LogP contribution in [0.2, 0.25) is 0 Å². The first kappa shape index (κ1) is 20.8. The third kappa shape index (κ3) is 4.39. The summed E-state index contributed by atoms with van der Waals surface area (Å²) in [7, 11) is -4.03. The van der Waals surface area contributed by atoms with E-state index < -0.39 is 56.6 Å². The number of esters is 1. The van der Waals surface area contributed by atoms with Crippen LogP contribution in [0, 0.1) is 11.6 Å². The van der Waals surface area contributed by atoms with Crippen molar-refractivity contribution in [1.29, 1.82) is 0 Å². The van der Waals surface area contributed by atoms with E-state index in [-0.39, 0.29) is 16.7 Å². The molecule has 0 aliphatic carbocycles. The van der Waals surface area contributed by atoms with Crippen molar-refractivity contribution < 1.29 is 44.6 Å². The molecule has 0 aromatic heterocycles. The lowest BCUT2D eigenvalue weighted by Gasteiger charge is -2.10. The van der Waals surface area contributed by atoms with Crippen molar-refractivity contribution in [3.63, 3.8) is 0 Å². The number of halogens is 5. The molecule has 1 aliphatic rings. The number of ether oxygens (including phenoxy) is 2. The van der Waals surface area contributed by atoms with Gasteiger partial charge in [0.25, 0.3) is 0 Å². The number of benzene rings is 2. The molecule has 0 radical (unpaired) electrons. The molecule has 1 aliphatic heterocycles. The van der Waals surface area contributed by atoms with Gasteiger partial charge in [-0.3, -0.25) is 0 Å². The number of cyclic esters (lactones) is 1. The van der Waals surface area contributed by atoms with E-state index in [1.165, 1.54) is 0 Å². The zero-order chi connectivity index (χ0) is 21.6. The molecule has 0 N–H and O–H groups in total. The van der Waals surface area contributed by atoms with Crippen molar-refractivity contribution in [2.75, 3.05) is 12.9 Å². The minimum absolute atomic E-state index is 0.0732. The first-order valence-corrected chi connectivity index (χ1v) is 9.72. The average Bonchev–Trinajstić information content (AvgIpc) is 2.96. The highest BCUT2D eigenvalue weighted by Crippen LogP contribution is 2.36. The predicted octanol–water partition coefficient (Wildman–Crippen LogP) is 3.73. The highest BCUT2D eigenvalue weighted by molar-refractivity contribution is 7.90. The zero-order valence-corrected chi connectivity index (χ0v) is 15.3. The summed E-state index contributed by atoms with van der Waals surface area (Å²) in [6.07, 6.45) is -4.19. The Balaban J connectivity index is 2.09. The molecule has 2 aromatic carbocycles. The fourth-order valence-corrected chi connectivity index (χ4v) is 3.51. The zero-order valence-electron chi connectivity index (χ0n) is 14.5. The molecule has 0 fully saturated rings. The summed E-state index contributed by atoms with van der Waals surface area (Å²) in [5, 5.41) is 0. The maximum Gasteiger partial charge on any atom is 0.573 e. The Morgan fingerprint density at radius 3 is 2.21 bits per heavy atom. The van der Waals surface area contributed by atoms with Crippen LogP contribution in [-0.4, -0.2) is 33.6 Å². The van der Waals surface area contributed by atoms with E-state index in [0.717, 1.165) is 24.3 Å². The summed E-state index contributed by atoms with van der Waals surface area (Å²) < 4.78 is 97.1. The summed E-state index contributed by atoms with van der Waals surface area (Å²) in [5.41, 5.74) is -0.569. The van der Waals surface area contributed by atoms with Crippen LogP contribution in [0.3, 0.4) is 0 Å². The highest BCUT2D eigenvalue weighted by atomic mass is 32.2. The molecule has 0 unspecified atom stereocenters. The molecule has 0 bridgehead atoms. The van der Waals surface area contributed by atoms with Crippen molar-refractivity contribution in [1.82, 2.24) is 0 Å². The van der Waals surface area contributed by atoms with Gasteiger partial charge in [0.05, 0.1) is 5.57 Å². The van der Waals surface area contributed by atoms with Gasteiger partial charge in [0.2, 0.25) is 0 Å². The second-order valence-electron chi connectivity index (χ2n) is 6.04. The maximum atomic E-state index is 14.5. The molecule has 0 saturated carbocycles. The molecule has 1 heterocycles. The lowest BCUT2D eigenvalue weighted by atomic mass is 9.96. The van der Waals surface area contributed by atoms with E-state index in [2.05, 4.69) is 4.74 Å². The summed E-state index contributed by atoms with van der Waals surface area (Å²) in [6, 6.07) is 5.27. The van der Waals surface area contributed by atoms with Gasteiger partial charge in [0.1, 0.15) is 28.9 Å². The Bertz CT molecular complexity index is 1120. The van der Waals surface area contributed by atoms with Gasteiger partial charge >= 0.3 is 12.3 Å². The number of carbonyl (C=O) groups excluding carboxylic acids is 1. The van der Waals surface area contributed by atoms with Crippen LogP contribution in [0.25, 0.3) is 11.1 Å². The normalized spacial score (nSPS) is 14.9. The van der Waals surface area contributed by atoms with E-state index in [4.69, 9.17) is 4.74 Å². The fourth-order valence-electron chi connectivity index (χ4n) is 2.78. The molecule has 5 nitrogen and oxygen atoms in total. The number of alkyl halides is 3. The Kier molecular flexibility index (Phi) is 5.11. The predicted molar refractivity (Wildman–Crippen MR) is 90.4 cm³/mol. The molecule has 0 atom stereocenters. The number of hydrogen-bond acceptors (Lipinski definition) is 5. The first-order chi connectivity index (χ1) is 13.4. The molecule has 154 valence electrons. The van der Waals surface area contributed by atoms with Gasteiger partial charge < -0.3 is 9.47 Å². The Morgan fingerprint density at radius 1 is 1.03 bits per heavy atom. The molecule has 0 amide bonds. The van der Waals surface area contributed by atoms with E-state index in [1.54, 1.807) is 0 Å². The standard InChI is InChI=1S/C18H11F5O5S/c1-29(25,26)15-7-13(19)11(6-14(15)20)12-8-27-17(24)16(12)9-2-4-10(5-3-9)28-18(21,22)23/h2-7H,8H2,1H3. The largest absolute Gasteiger partial charge is 0.573 e. The minimum Gasteiger partial charge on any atom is -0.457 e. The number of carbonyl (C=O) groups is 1. The first-order valence-electron chi connectivity index (χ1n) is 7.83. The quantitative estimate of drug-likeness (QED) is 0.542. The van der Waals surface area contributed by atoms with Crippen LogP contribution >= 0.6 is 0 Å². The van der Waals surface area contributed by atoms with Crippen molar-refractivity contribution >= 4 is 27.0 Å². The minimum atomic E-state index is -4.90. The van der Waals surface area contributed by atoms with Crippen LogP contribution in [0.5, 0.6) is 5.75 Å². The number of sulfone groups is 1. The fraction of sp³-hybridized carbons (Fsp3) is 0.167. The second-order valence-corrected chi connectivity index (χ2v) is 8.02. The lowest BCUT2D eigenvalue weighted by Crippen LogP contribution is -2.17. The molecule has 3 rings (SSSR count). The number of hydrogen-bond donors (Lipinski definition) is 0. The van der Waals surface area contributed by atoms with Gasteiger partial charge in [-0.2, -0.15) is 0 Å². The lowest BCUT2D eigenvalue weighted by molar-refractivity contribution is -0.274. The van der Waals surface area contributed by atoms with Gasteiger partial charge in [-0.25, -0.2) is 22.0 Å². The molecule has 0 spiro atoms.